The summed E-state index contributed by atoms with van der Waals surface area (Å²) in [4.78, 5) is 2.01. The molecule has 18 heavy (non-hydrogen) atoms. The average molecular weight is 251 g/mol. The fourth-order valence-corrected chi connectivity index (χ4v) is 1.98. The Labute approximate surface area is 110 Å². The number of nitrogens with zero attached hydrogens (tertiary/aromatic N) is 1. The molecule has 0 spiro atoms. The van der Waals surface area contributed by atoms with E-state index in [1.807, 2.05) is 11.9 Å². The van der Waals surface area contributed by atoms with E-state index in [0.29, 0.717) is 12.5 Å². The molecule has 0 aliphatic carbocycles. The van der Waals surface area contributed by atoms with Gasteiger partial charge in [0.2, 0.25) is 0 Å². The number of aliphatic hydroxyl groups excluding tert-OH is 2. The summed E-state index contributed by atoms with van der Waals surface area (Å²) in [5.74, 6) is 0.605. The van der Waals surface area contributed by atoms with Gasteiger partial charge in [0.05, 0.1) is 12.7 Å². The minimum absolute atomic E-state index is 0.183. The fraction of sp³-hybridized carbons (Fsp3) is 0.600. The highest BCUT2D eigenvalue weighted by Gasteiger charge is 2.08. The lowest BCUT2D eigenvalue weighted by atomic mass is 9.97. The van der Waals surface area contributed by atoms with Gasteiger partial charge in [0, 0.05) is 13.1 Å². The highest BCUT2D eigenvalue weighted by atomic mass is 16.3. The Morgan fingerprint density at radius 3 is 2.33 bits per heavy atom. The smallest absolute Gasteiger partial charge is 0.0897 e. The molecule has 2 unspecified atom stereocenters. The molecule has 0 saturated heterocycles. The third-order valence-electron chi connectivity index (χ3n) is 3.35. The normalized spacial score (nSPS) is 14.8. The number of benzene rings is 1. The Bertz CT molecular complexity index is 337. The lowest BCUT2D eigenvalue weighted by Gasteiger charge is -2.19. The lowest BCUT2D eigenvalue weighted by molar-refractivity contribution is 0.0648. The summed E-state index contributed by atoms with van der Waals surface area (Å²) in [5, 5.41) is 18.2. The molecule has 0 fully saturated rings. The standard InChI is InChI=1S/C15H25NO2/c1-4-12(2)14-7-5-13(6-8-14)9-16(3)10-15(18)11-17/h5-8,12,15,17-18H,4,9-11H2,1-3H3. The summed E-state index contributed by atoms with van der Waals surface area (Å²) >= 11 is 0. The van der Waals surface area contributed by atoms with E-state index in [2.05, 4.69) is 38.1 Å². The zero-order chi connectivity index (χ0) is 13.5. The number of likely N-dealkylation sites (N-methyl/N-ethyl adjacent to an activating group) is 1. The van der Waals surface area contributed by atoms with Crippen molar-refractivity contribution in [1.82, 2.24) is 4.90 Å². The van der Waals surface area contributed by atoms with Crippen molar-refractivity contribution in [2.45, 2.75) is 38.8 Å². The zero-order valence-electron chi connectivity index (χ0n) is 11.6. The Hall–Kier alpha value is -0.900. The van der Waals surface area contributed by atoms with Gasteiger partial charge in [0.25, 0.3) is 0 Å². The van der Waals surface area contributed by atoms with Crippen molar-refractivity contribution in [3.8, 4) is 0 Å². The Balaban J connectivity index is 2.53. The van der Waals surface area contributed by atoms with Gasteiger partial charge in [0.15, 0.2) is 0 Å². The van der Waals surface area contributed by atoms with Crippen LogP contribution in [0.25, 0.3) is 0 Å². The minimum Gasteiger partial charge on any atom is -0.394 e. The van der Waals surface area contributed by atoms with Crippen LogP contribution in [0.1, 0.15) is 37.3 Å². The van der Waals surface area contributed by atoms with Gasteiger partial charge in [0.1, 0.15) is 0 Å². The number of hydrogen-bond donors (Lipinski definition) is 2. The van der Waals surface area contributed by atoms with Crippen LogP contribution < -0.4 is 0 Å². The molecule has 0 aromatic heterocycles. The molecule has 0 bridgehead atoms. The molecule has 0 amide bonds. The van der Waals surface area contributed by atoms with E-state index in [0.717, 1.165) is 13.0 Å². The van der Waals surface area contributed by atoms with Gasteiger partial charge >= 0.3 is 0 Å². The summed E-state index contributed by atoms with van der Waals surface area (Å²) < 4.78 is 0. The highest BCUT2D eigenvalue weighted by molar-refractivity contribution is 5.24. The molecule has 1 aromatic rings. The highest BCUT2D eigenvalue weighted by Crippen LogP contribution is 2.19. The van der Waals surface area contributed by atoms with Crippen LogP contribution in [-0.4, -0.2) is 41.4 Å². The van der Waals surface area contributed by atoms with Crippen molar-refractivity contribution < 1.29 is 10.2 Å². The van der Waals surface area contributed by atoms with E-state index in [4.69, 9.17) is 5.11 Å². The summed E-state index contributed by atoms with van der Waals surface area (Å²) in [6, 6.07) is 8.65. The van der Waals surface area contributed by atoms with Crippen molar-refractivity contribution in [3.63, 3.8) is 0 Å². The first-order valence-corrected chi connectivity index (χ1v) is 6.63. The molecule has 2 atom stereocenters. The van der Waals surface area contributed by atoms with Crippen LogP contribution in [0.4, 0.5) is 0 Å². The first-order chi connectivity index (χ1) is 8.56. The molecule has 1 aromatic carbocycles. The molecule has 0 radical (unpaired) electrons. The van der Waals surface area contributed by atoms with Crippen LogP contribution in [0.5, 0.6) is 0 Å². The van der Waals surface area contributed by atoms with Gasteiger partial charge in [-0.1, -0.05) is 38.1 Å². The maximum absolute atomic E-state index is 9.36. The van der Waals surface area contributed by atoms with E-state index in [1.165, 1.54) is 11.1 Å². The minimum atomic E-state index is -0.658. The first-order valence-electron chi connectivity index (χ1n) is 6.63. The van der Waals surface area contributed by atoms with Crippen LogP contribution >= 0.6 is 0 Å². The van der Waals surface area contributed by atoms with Gasteiger partial charge in [-0.15, -0.1) is 0 Å². The number of hydrogen-bond acceptors (Lipinski definition) is 3. The van der Waals surface area contributed by atoms with Crippen molar-refractivity contribution in [3.05, 3.63) is 35.4 Å². The van der Waals surface area contributed by atoms with E-state index < -0.39 is 6.10 Å². The van der Waals surface area contributed by atoms with Gasteiger partial charge in [-0.05, 0) is 30.5 Å². The van der Waals surface area contributed by atoms with Crippen molar-refractivity contribution >= 4 is 0 Å². The maximum atomic E-state index is 9.36. The summed E-state index contributed by atoms with van der Waals surface area (Å²) in [6.45, 7) is 5.53. The van der Waals surface area contributed by atoms with E-state index in [-0.39, 0.29) is 6.61 Å². The predicted molar refractivity (Wildman–Crippen MR) is 74.6 cm³/mol. The van der Waals surface area contributed by atoms with Crippen molar-refractivity contribution in [1.29, 1.82) is 0 Å². The number of aliphatic hydroxyl groups is 2. The van der Waals surface area contributed by atoms with E-state index in [9.17, 15) is 5.11 Å². The molecule has 0 saturated carbocycles. The molecular formula is C15H25NO2. The second kappa shape index (κ2) is 7.52. The summed E-state index contributed by atoms with van der Waals surface area (Å²) in [6.07, 6.45) is 0.497. The Morgan fingerprint density at radius 1 is 1.22 bits per heavy atom. The molecule has 0 aliphatic heterocycles. The second-order valence-electron chi connectivity index (χ2n) is 5.08. The van der Waals surface area contributed by atoms with Gasteiger partial charge in [-0.3, -0.25) is 4.90 Å². The third kappa shape index (κ3) is 4.77. The third-order valence-corrected chi connectivity index (χ3v) is 3.35. The van der Waals surface area contributed by atoms with E-state index in [1.54, 1.807) is 0 Å². The molecular weight excluding hydrogens is 226 g/mol. The summed E-state index contributed by atoms with van der Waals surface area (Å²) in [5.41, 5.74) is 2.61. The molecule has 3 nitrogen and oxygen atoms in total. The second-order valence-corrected chi connectivity index (χ2v) is 5.08. The SMILES string of the molecule is CCC(C)c1ccc(CN(C)CC(O)CO)cc1. The molecule has 3 heteroatoms. The zero-order valence-corrected chi connectivity index (χ0v) is 11.6. The Morgan fingerprint density at radius 2 is 1.83 bits per heavy atom. The predicted octanol–water partition coefficient (Wildman–Crippen LogP) is 1.99. The quantitative estimate of drug-likeness (QED) is 0.779. The molecule has 2 N–H and O–H groups in total. The Kier molecular flexibility index (Phi) is 6.33. The molecule has 1 rings (SSSR count). The van der Waals surface area contributed by atoms with Gasteiger partial charge in [-0.25, -0.2) is 0 Å². The van der Waals surface area contributed by atoms with E-state index >= 15 is 0 Å². The maximum Gasteiger partial charge on any atom is 0.0897 e. The molecule has 0 heterocycles. The van der Waals surface area contributed by atoms with Gasteiger partial charge in [-0.2, -0.15) is 0 Å². The topological polar surface area (TPSA) is 43.7 Å². The number of rotatable bonds is 7. The van der Waals surface area contributed by atoms with Crippen LogP contribution in [-0.2, 0) is 6.54 Å². The van der Waals surface area contributed by atoms with Crippen molar-refractivity contribution in [2.24, 2.45) is 0 Å². The first kappa shape index (κ1) is 15.2. The molecule has 102 valence electrons. The monoisotopic (exact) mass is 251 g/mol. The lowest BCUT2D eigenvalue weighted by Crippen LogP contribution is -2.30. The van der Waals surface area contributed by atoms with Crippen LogP contribution in [0.2, 0.25) is 0 Å². The van der Waals surface area contributed by atoms with Gasteiger partial charge < -0.3 is 10.2 Å². The fourth-order valence-electron chi connectivity index (χ4n) is 1.98. The largest absolute Gasteiger partial charge is 0.394 e. The average Bonchev–Trinajstić information content (AvgIpc) is 2.38. The van der Waals surface area contributed by atoms with Crippen LogP contribution in [0.3, 0.4) is 0 Å². The summed E-state index contributed by atoms with van der Waals surface area (Å²) in [7, 11) is 1.95. The van der Waals surface area contributed by atoms with Crippen molar-refractivity contribution in [2.75, 3.05) is 20.2 Å². The molecule has 0 aliphatic rings. The van der Waals surface area contributed by atoms with Crippen LogP contribution in [0.15, 0.2) is 24.3 Å². The van der Waals surface area contributed by atoms with Crippen LogP contribution in [0, 0.1) is 0 Å².